The van der Waals surface area contributed by atoms with Gasteiger partial charge in [-0.1, -0.05) is 53.4 Å². The van der Waals surface area contributed by atoms with Crippen LogP contribution in [0.25, 0.3) is 0 Å². The summed E-state index contributed by atoms with van der Waals surface area (Å²) >= 11 is 2.34. The SMILES string of the molecule is Cc1nnc(NC(=O)CSc2nc(CC(=O)NCc3ccccc3)cc(=O)[nH]2)s1. The van der Waals surface area contributed by atoms with E-state index in [-0.39, 0.29) is 34.7 Å². The molecule has 11 heteroatoms. The minimum atomic E-state index is -0.381. The smallest absolute Gasteiger partial charge is 0.251 e. The topological polar surface area (TPSA) is 130 Å². The first-order valence-electron chi connectivity index (χ1n) is 8.61. The molecule has 2 aromatic heterocycles. The van der Waals surface area contributed by atoms with Crippen molar-refractivity contribution in [3.63, 3.8) is 0 Å². The number of carbonyl (C=O) groups excluding carboxylic acids is 2. The van der Waals surface area contributed by atoms with E-state index in [9.17, 15) is 14.4 Å². The predicted molar refractivity (Wildman–Crippen MR) is 111 cm³/mol. The zero-order valence-electron chi connectivity index (χ0n) is 15.5. The molecule has 0 atom stereocenters. The number of nitrogens with zero attached hydrogens (tertiary/aromatic N) is 3. The van der Waals surface area contributed by atoms with Crippen molar-refractivity contribution in [3.8, 4) is 0 Å². The number of hydrogen-bond acceptors (Lipinski definition) is 8. The largest absolute Gasteiger partial charge is 0.352 e. The first-order chi connectivity index (χ1) is 14.0. The van der Waals surface area contributed by atoms with E-state index in [0.29, 0.717) is 17.4 Å². The molecule has 0 aliphatic carbocycles. The lowest BCUT2D eigenvalue weighted by atomic mass is 10.2. The van der Waals surface area contributed by atoms with Crippen LogP contribution in [0.4, 0.5) is 5.13 Å². The lowest BCUT2D eigenvalue weighted by molar-refractivity contribution is -0.120. The molecule has 2 heterocycles. The van der Waals surface area contributed by atoms with E-state index in [4.69, 9.17) is 0 Å². The first-order valence-corrected chi connectivity index (χ1v) is 10.4. The minimum Gasteiger partial charge on any atom is -0.352 e. The van der Waals surface area contributed by atoms with Crippen molar-refractivity contribution in [2.24, 2.45) is 0 Å². The van der Waals surface area contributed by atoms with Gasteiger partial charge in [-0.3, -0.25) is 19.7 Å². The van der Waals surface area contributed by atoms with Gasteiger partial charge < -0.3 is 10.3 Å². The second-order valence-electron chi connectivity index (χ2n) is 5.94. The van der Waals surface area contributed by atoms with Gasteiger partial charge in [0.25, 0.3) is 5.56 Å². The number of benzene rings is 1. The lowest BCUT2D eigenvalue weighted by Gasteiger charge is -2.06. The Labute approximate surface area is 174 Å². The molecule has 3 rings (SSSR count). The average molecular weight is 431 g/mol. The molecule has 0 bridgehead atoms. The standard InChI is InChI=1S/C18H18N6O3S2/c1-11-23-24-18(29-11)22-16(27)10-28-17-20-13(8-15(26)21-17)7-14(25)19-9-12-5-3-2-4-6-12/h2-6,8H,7,9-10H2,1H3,(H,19,25)(H,20,21,26)(H,22,24,27). The van der Waals surface area contributed by atoms with E-state index < -0.39 is 0 Å². The van der Waals surface area contributed by atoms with Crippen molar-refractivity contribution in [2.75, 3.05) is 11.1 Å². The molecule has 0 radical (unpaired) electrons. The summed E-state index contributed by atoms with van der Waals surface area (Å²) in [4.78, 5) is 42.8. The fourth-order valence-electron chi connectivity index (χ4n) is 2.30. The first kappa shape index (κ1) is 20.7. The van der Waals surface area contributed by atoms with Gasteiger partial charge in [-0.15, -0.1) is 10.2 Å². The summed E-state index contributed by atoms with van der Waals surface area (Å²) in [5.41, 5.74) is 0.933. The van der Waals surface area contributed by atoms with E-state index in [2.05, 4.69) is 30.8 Å². The third-order valence-corrected chi connectivity index (χ3v) is 5.19. The monoisotopic (exact) mass is 430 g/mol. The number of hydrogen-bond donors (Lipinski definition) is 3. The Morgan fingerprint density at radius 3 is 2.69 bits per heavy atom. The molecule has 0 saturated heterocycles. The molecule has 0 saturated carbocycles. The summed E-state index contributed by atoms with van der Waals surface area (Å²) in [5.74, 6) is -0.502. The van der Waals surface area contributed by atoms with Crippen LogP contribution in [0.15, 0.2) is 46.3 Å². The molecular formula is C18H18N6O3S2. The maximum Gasteiger partial charge on any atom is 0.251 e. The van der Waals surface area contributed by atoms with Gasteiger partial charge in [0.2, 0.25) is 16.9 Å². The lowest BCUT2D eigenvalue weighted by Crippen LogP contribution is -2.26. The Kier molecular flexibility index (Phi) is 7.09. The minimum absolute atomic E-state index is 0.0272. The Bertz CT molecular complexity index is 1050. The van der Waals surface area contributed by atoms with Crippen LogP contribution in [-0.2, 0) is 22.6 Å². The van der Waals surface area contributed by atoms with Crippen molar-refractivity contribution in [1.29, 1.82) is 0 Å². The zero-order valence-corrected chi connectivity index (χ0v) is 17.1. The van der Waals surface area contributed by atoms with E-state index in [1.807, 2.05) is 30.3 Å². The third kappa shape index (κ3) is 6.80. The van der Waals surface area contributed by atoms with Gasteiger partial charge in [0.15, 0.2) is 5.16 Å². The normalized spacial score (nSPS) is 10.5. The van der Waals surface area contributed by atoms with Gasteiger partial charge in [-0.2, -0.15) is 0 Å². The molecule has 0 fully saturated rings. The van der Waals surface area contributed by atoms with Gasteiger partial charge in [-0.25, -0.2) is 4.98 Å². The Hall–Kier alpha value is -3.05. The maximum absolute atomic E-state index is 12.1. The highest BCUT2D eigenvalue weighted by atomic mass is 32.2. The number of aryl methyl sites for hydroxylation is 1. The van der Waals surface area contributed by atoms with Crippen LogP contribution in [0, 0.1) is 6.92 Å². The summed E-state index contributed by atoms with van der Waals surface area (Å²) in [5, 5.41) is 14.5. The number of amides is 2. The number of H-pyrrole nitrogens is 1. The molecule has 150 valence electrons. The second-order valence-corrected chi connectivity index (χ2v) is 8.09. The summed E-state index contributed by atoms with van der Waals surface area (Å²) in [6, 6.07) is 10.8. The highest BCUT2D eigenvalue weighted by molar-refractivity contribution is 7.99. The fourth-order valence-corrected chi connectivity index (χ4v) is 3.60. The molecule has 0 spiro atoms. The molecule has 1 aromatic carbocycles. The van der Waals surface area contributed by atoms with Gasteiger partial charge >= 0.3 is 0 Å². The van der Waals surface area contributed by atoms with E-state index in [0.717, 1.165) is 22.3 Å². The van der Waals surface area contributed by atoms with Crippen molar-refractivity contribution in [1.82, 2.24) is 25.5 Å². The third-order valence-electron chi connectivity index (χ3n) is 3.56. The summed E-state index contributed by atoms with van der Waals surface area (Å²) < 4.78 is 0. The van der Waals surface area contributed by atoms with Crippen LogP contribution in [0.2, 0.25) is 0 Å². The number of nitrogens with one attached hydrogen (secondary N) is 3. The Balaban J connectivity index is 1.52. The molecule has 9 nitrogen and oxygen atoms in total. The van der Waals surface area contributed by atoms with Crippen LogP contribution >= 0.6 is 23.1 Å². The van der Waals surface area contributed by atoms with Gasteiger partial charge in [0.1, 0.15) is 5.01 Å². The quantitative estimate of drug-likeness (QED) is 0.365. The van der Waals surface area contributed by atoms with Gasteiger partial charge in [0.05, 0.1) is 17.9 Å². The van der Waals surface area contributed by atoms with Crippen molar-refractivity contribution >= 4 is 40.0 Å². The number of anilines is 1. The van der Waals surface area contributed by atoms with Gasteiger partial charge in [-0.05, 0) is 12.5 Å². The van der Waals surface area contributed by atoms with Crippen LogP contribution in [0.1, 0.15) is 16.3 Å². The molecule has 3 N–H and O–H groups in total. The molecule has 0 aliphatic heterocycles. The average Bonchev–Trinajstić information content (AvgIpc) is 3.10. The van der Waals surface area contributed by atoms with Crippen LogP contribution in [0.3, 0.4) is 0 Å². The number of carbonyl (C=O) groups is 2. The van der Waals surface area contributed by atoms with E-state index in [1.54, 1.807) is 6.92 Å². The zero-order chi connectivity index (χ0) is 20.6. The molecule has 0 unspecified atom stereocenters. The molecular weight excluding hydrogens is 412 g/mol. The van der Waals surface area contributed by atoms with Crippen LogP contribution in [0.5, 0.6) is 0 Å². The van der Waals surface area contributed by atoms with Crippen molar-refractivity contribution < 1.29 is 9.59 Å². The Morgan fingerprint density at radius 2 is 1.97 bits per heavy atom. The van der Waals surface area contributed by atoms with Crippen LogP contribution in [-0.4, -0.2) is 37.7 Å². The van der Waals surface area contributed by atoms with Crippen molar-refractivity contribution in [2.45, 2.75) is 25.0 Å². The highest BCUT2D eigenvalue weighted by Crippen LogP contribution is 2.16. The fraction of sp³-hybridized carbons (Fsp3) is 0.222. The summed E-state index contributed by atoms with van der Waals surface area (Å²) in [7, 11) is 0. The number of aromatic nitrogens is 4. The van der Waals surface area contributed by atoms with Gasteiger partial charge in [0, 0.05) is 12.6 Å². The number of aromatic amines is 1. The van der Waals surface area contributed by atoms with E-state index in [1.165, 1.54) is 17.4 Å². The molecule has 29 heavy (non-hydrogen) atoms. The molecule has 2 amide bonds. The molecule has 0 aliphatic rings. The number of rotatable bonds is 8. The molecule has 3 aromatic rings. The van der Waals surface area contributed by atoms with Crippen LogP contribution < -0.4 is 16.2 Å². The van der Waals surface area contributed by atoms with Crippen molar-refractivity contribution in [3.05, 3.63) is 63.0 Å². The number of thioether (sulfide) groups is 1. The Morgan fingerprint density at radius 1 is 1.17 bits per heavy atom. The van der Waals surface area contributed by atoms with E-state index >= 15 is 0 Å². The predicted octanol–water partition coefficient (Wildman–Crippen LogP) is 1.52. The highest BCUT2D eigenvalue weighted by Gasteiger charge is 2.11. The summed E-state index contributed by atoms with van der Waals surface area (Å²) in [6.07, 6.45) is -0.0272. The summed E-state index contributed by atoms with van der Waals surface area (Å²) in [6.45, 7) is 2.19. The maximum atomic E-state index is 12.1. The second kappa shape index (κ2) is 9.94.